The third kappa shape index (κ3) is 2.81. The number of nitrogens with zero attached hydrogens (tertiary/aromatic N) is 4. The molecule has 24 heavy (non-hydrogen) atoms. The molecule has 0 saturated carbocycles. The van der Waals surface area contributed by atoms with E-state index in [1.165, 1.54) is 4.68 Å². The molecular weight excluding hydrogens is 324 g/mol. The van der Waals surface area contributed by atoms with E-state index in [0.717, 1.165) is 47.8 Å². The first-order valence-corrected chi connectivity index (χ1v) is 8.82. The number of oxazole rings is 1. The van der Waals surface area contributed by atoms with Crippen LogP contribution in [0.1, 0.15) is 22.7 Å². The van der Waals surface area contributed by atoms with E-state index in [1.54, 1.807) is 24.5 Å². The van der Waals surface area contributed by atoms with Crippen LogP contribution >= 0.6 is 11.3 Å². The molecule has 7 heteroatoms. The van der Waals surface area contributed by atoms with Gasteiger partial charge in [0.15, 0.2) is 0 Å². The summed E-state index contributed by atoms with van der Waals surface area (Å²) in [6.07, 6.45) is 0.845. The van der Waals surface area contributed by atoms with Crippen molar-refractivity contribution in [2.45, 2.75) is 26.4 Å². The van der Waals surface area contributed by atoms with Crippen molar-refractivity contribution in [1.82, 2.24) is 19.7 Å². The van der Waals surface area contributed by atoms with Gasteiger partial charge >= 0.3 is 0 Å². The normalized spacial score (nSPS) is 14.8. The predicted molar refractivity (Wildman–Crippen MR) is 91.8 cm³/mol. The van der Waals surface area contributed by atoms with Gasteiger partial charge in [-0.15, -0.1) is 0 Å². The molecule has 0 saturated heterocycles. The highest BCUT2D eigenvalue weighted by Crippen LogP contribution is 2.25. The largest absolute Gasteiger partial charge is 0.441 e. The van der Waals surface area contributed by atoms with E-state index in [-0.39, 0.29) is 5.56 Å². The molecule has 0 amide bonds. The minimum Gasteiger partial charge on any atom is -0.441 e. The lowest BCUT2D eigenvalue weighted by atomic mass is 10.1. The van der Waals surface area contributed by atoms with E-state index in [4.69, 9.17) is 4.42 Å². The average molecular weight is 342 g/mol. The molecule has 0 bridgehead atoms. The highest BCUT2D eigenvalue weighted by Gasteiger charge is 2.21. The molecule has 0 spiro atoms. The first-order valence-electron chi connectivity index (χ1n) is 7.87. The predicted octanol–water partition coefficient (Wildman–Crippen LogP) is 2.36. The molecule has 124 valence electrons. The Kier molecular flexibility index (Phi) is 3.82. The number of hydrogen-bond acceptors (Lipinski definition) is 6. The van der Waals surface area contributed by atoms with Gasteiger partial charge in [0.05, 0.1) is 11.4 Å². The maximum atomic E-state index is 11.8. The lowest BCUT2D eigenvalue weighted by Gasteiger charge is -2.27. The zero-order chi connectivity index (χ0) is 16.7. The number of fused-ring (bicyclic) bond motifs is 1. The molecule has 4 rings (SSSR count). The fourth-order valence-electron chi connectivity index (χ4n) is 2.98. The highest BCUT2D eigenvalue weighted by atomic mass is 32.1. The van der Waals surface area contributed by atoms with Crippen molar-refractivity contribution in [3.05, 3.63) is 56.0 Å². The van der Waals surface area contributed by atoms with Crippen LogP contribution in [0.2, 0.25) is 0 Å². The molecule has 0 aliphatic carbocycles. The molecule has 3 aromatic rings. The fourth-order valence-corrected chi connectivity index (χ4v) is 3.61. The van der Waals surface area contributed by atoms with Crippen molar-refractivity contribution >= 4 is 11.3 Å². The maximum Gasteiger partial charge on any atom is 0.266 e. The Morgan fingerprint density at radius 3 is 3.08 bits per heavy atom. The average Bonchev–Trinajstić information content (AvgIpc) is 3.19. The SMILES string of the molecule is Cc1oc(-c2ccsc2)nc1CN1CCc2nn(C)c(=O)cc2C1. The van der Waals surface area contributed by atoms with E-state index in [9.17, 15) is 4.79 Å². The van der Waals surface area contributed by atoms with Gasteiger partial charge < -0.3 is 4.42 Å². The minimum absolute atomic E-state index is 0.0621. The second-order valence-corrected chi connectivity index (χ2v) is 6.85. The molecule has 0 atom stereocenters. The lowest BCUT2D eigenvalue weighted by molar-refractivity contribution is 0.237. The first kappa shape index (κ1) is 15.3. The lowest BCUT2D eigenvalue weighted by Crippen LogP contribution is -2.34. The standard InChI is InChI=1S/C17H18N4O2S/c1-11-15(18-17(23-11)12-4-6-24-10-12)9-21-5-3-14-13(8-21)7-16(22)20(2)19-14/h4,6-7,10H,3,5,8-9H2,1-2H3. The van der Waals surface area contributed by atoms with Gasteiger partial charge in [-0.25, -0.2) is 9.67 Å². The van der Waals surface area contributed by atoms with Crippen molar-refractivity contribution in [2.24, 2.45) is 7.05 Å². The summed E-state index contributed by atoms with van der Waals surface area (Å²) in [4.78, 5) is 18.7. The van der Waals surface area contributed by atoms with E-state index < -0.39 is 0 Å². The van der Waals surface area contributed by atoms with Crippen LogP contribution in [0.4, 0.5) is 0 Å². The van der Waals surface area contributed by atoms with Crippen LogP contribution in [-0.4, -0.2) is 26.2 Å². The third-order valence-corrected chi connectivity index (χ3v) is 5.03. The van der Waals surface area contributed by atoms with Gasteiger partial charge in [-0.1, -0.05) is 0 Å². The molecule has 0 radical (unpaired) electrons. The molecule has 1 aliphatic rings. The molecule has 3 aromatic heterocycles. The van der Waals surface area contributed by atoms with Gasteiger partial charge in [-0.05, 0) is 23.9 Å². The maximum absolute atomic E-state index is 11.8. The van der Waals surface area contributed by atoms with Gasteiger partial charge in [0.1, 0.15) is 5.76 Å². The summed E-state index contributed by atoms with van der Waals surface area (Å²) in [5, 5.41) is 8.41. The highest BCUT2D eigenvalue weighted by molar-refractivity contribution is 7.08. The number of hydrogen-bond donors (Lipinski definition) is 0. The number of thiophene rings is 1. The summed E-state index contributed by atoms with van der Waals surface area (Å²) >= 11 is 1.63. The zero-order valence-corrected chi connectivity index (χ0v) is 14.5. The van der Waals surface area contributed by atoms with Crippen LogP contribution in [-0.2, 0) is 26.6 Å². The third-order valence-electron chi connectivity index (χ3n) is 4.35. The van der Waals surface area contributed by atoms with Crippen LogP contribution in [0.25, 0.3) is 11.5 Å². The molecule has 1 aliphatic heterocycles. The molecule has 4 heterocycles. The van der Waals surface area contributed by atoms with Crippen molar-refractivity contribution in [2.75, 3.05) is 6.54 Å². The topological polar surface area (TPSA) is 64.2 Å². The Morgan fingerprint density at radius 1 is 1.42 bits per heavy atom. The number of rotatable bonds is 3. The van der Waals surface area contributed by atoms with E-state index >= 15 is 0 Å². The summed E-state index contributed by atoms with van der Waals surface area (Å²) in [5.74, 6) is 1.53. The smallest absolute Gasteiger partial charge is 0.266 e. The second-order valence-electron chi connectivity index (χ2n) is 6.07. The second kappa shape index (κ2) is 5.99. The van der Waals surface area contributed by atoms with Crippen molar-refractivity contribution in [1.29, 1.82) is 0 Å². The molecular formula is C17H18N4O2S. The van der Waals surface area contributed by atoms with E-state index in [0.29, 0.717) is 12.4 Å². The van der Waals surface area contributed by atoms with Crippen LogP contribution in [0, 0.1) is 6.92 Å². The van der Waals surface area contributed by atoms with Crippen LogP contribution in [0.5, 0.6) is 0 Å². The Bertz CT molecular complexity index is 927. The summed E-state index contributed by atoms with van der Waals surface area (Å²) in [6, 6.07) is 3.71. The monoisotopic (exact) mass is 342 g/mol. The van der Waals surface area contributed by atoms with Gasteiger partial charge in [0.2, 0.25) is 5.89 Å². The molecule has 0 N–H and O–H groups in total. The van der Waals surface area contributed by atoms with Crippen molar-refractivity contribution in [3.8, 4) is 11.5 Å². The molecule has 6 nitrogen and oxygen atoms in total. The zero-order valence-electron chi connectivity index (χ0n) is 13.7. The summed E-state index contributed by atoms with van der Waals surface area (Å²) < 4.78 is 7.21. The number of aromatic nitrogens is 3. The number of aryl methyl sites for hydroxylation is 2. The summed E-state index contributed by atoms with van der Waals surface area (Å²) in [5.41, 5.74) is 3.95. The summed E-state index contributed by atoms with van der Waals surface area (Å²) in [6.45, 7) is 4.29. The van der Waals surface area contributed by atoms with E-state index in [2.05, 4.69) is 15.0 Å². The minimum atomic E-state index is -0.0621. The van der Waals surface area contributed by atoms with Crippen LogP contribution in [0.15, 0.2) is 32.1 Å². The quantitative estimate of drug-likeness (QED) is 0.731. The Morgan fingerprint density at radius 2 is 2.29 bits per heavy atom. The van der Waals surface area contributed by atoms with Crippen LogP contribution in [0.3, 0.4) is 0 Å². The molecule has 0 fully saturated rings. The van der Waals surface area contributed by atoms with Gasteiger partial charge in [0.25, 0.3) is 5.56 Å². The van der Waals surface area contributed by atoms with Crippen molar-refractivity contribution in [3.63, 3.8) is 0 Å². The Hall–Kier alpha value is -2.25. The Balaban J connectivity index is 1.54. The van der Waals surface area contributed by atoms with Gasteiger partial charge in [0, 0.05) is 50.1 Å². The molecule has 0 unspecified atom stereocenters. The van der Waals surface area contributed by atoms with Gasteiger partial charge in [-0.2, -0.15) is 16.4 Å². The first-order chi connectivity index (χ1) is 11.6. The molecule has 0 aromatic carbocycles. The van der Waals surface area contributed by atoms with Crippen LogP contribution < -0.4 is 5.56 Å². The Labute approximate surface area is 143 Å². The van der Waals surface area contributed by atoms with E-state index in [1.807, 2.05) is 23.8 Å². The fraction of sp³-hybridized carbons (Fsp3) is 0.353. The van der Waals surface area contributed by atoms with Crippen molar-refractivity contribution < 1.29 is 4.42 Å². The van der Waals surface area contributed by atoms with Gasteiger partial charge in [-0.3, -0.25) is 9.69 Å². The summed E-state index contributed by atoms with van der Waals surface area (Å²) in [7, 11) is 1.69.